The van der Waals surface area contributed by atoms with Crippen LogP contribution in [0.4, 0.5) is 10.1 Å². The van der Waals surface area contributed by atoms with Crippen LogP contribution in [0, 0.1) is 11.2 Å². The minimum Gasteiger partial charge on any atom is -0.351 e. The maximum atomic E-state index is 12.9. The SMILES string of the molecule is CC(C)(CCl)C(=O)N[C@H]1CC(=O)N(c2ccc(F)cc2)C1. The van der Waals surface area contributed by atoms with E-state index in [2.05, 4.69) is 5.32 Å². The average Bonchev–Trinajstić information content (AvgIpc) is 2.80. The number of alkyl halides is 1. The zero-order valence-electron chi connectivity index (χ0n) is 12.0. The molecule has 0 aromatic heterocycles. The van der Waals surface area contributed by atoms with Crippen LogP contribution in [0.5, 0.6) is 0 Å². The van der Waals surface area contributed by atoms with Crippen molar-refractivity contribution in [3.05, 3.63) is 30.1 Å². The summed E-state index contributed by atoms with van der Waals surface area (Å²) in [6.07, 6.45) is 0.238. The van der Waals surface area contributed by atoms with Gasteiger partial charge in [-0.25, -0.2) is 4.39 Å². The zero-order chi connectivity index (χ0) is 15.6. The van der Waals surface area contributed by atoms with Gasteiger partial charge in [-0.3, -0.25) is 9.59 Å². The molecule has 4 nitrogen and oxygen atoms in total. The highest BCUT2D eigenvalue weighted by atomic mass is 35.5. The highest BCUT2D eigenvalue weighted by Crippen LogP contribution is 2.23. The van der Waals surface area contributed by atoms with E-state index in [1.54, 1.807) is 30.9 Å². The molecule has 0 bridgehead atoms. The molecule has 1 atom stereocenters. The summed E-state index contributed by atoms with van der Waals surface area (Å²) in [7, 11) is 0. The molecule has 21 heavy (non-hydrogen) atoms. The van der Waals surface area contributed by atoms with Crippen LogP contribution in [-0.4, -0.2) is 30.3 Å². The predicted molar refractivity (Wildman–Crippen MR) is 79.8 cm³/mol. The van der Waals surface area contributed by atoms with Gasteiger partial charge in [0.05, 0.1) is 11.5 Å². The molecule has 1 N–H and O–H groups in total. The number of hydrogen-bond acceptors (Lipinski definition) is 2. The van der Waals surface area contributed by atoms with Gasteiger partial charge in [-0.1, -0.05) is 0 Å². The molecule has 1 aromatic carbocycles. The highest BCUT2D eigenvalue weighted by Gasteiger charge is 2.35. The normalized spacial score (nSPS) is 19.0. The van der Waals surface area contributed by atoms with E-state index in [1.165, 1.54) is 12.1 Å². The van der Waals surface area contributed by atoms with E-state index in [0.29, 0.717) is 12.2 Å². The summed E-state index contributed by atoms with van der Waals surface area (Å²) < 4.78 is 12.9. The van der Waals surface area contributed by atoms with E-state index >= 15 is 0 Å². The minimum absolute atomic E-state index is 0.0874. The number of carbonyl (C=O) groups is 2. The molecule has 1 aromatic rings. The molecule has 2 amide bonds. The van der Waals surface area contributed by atoms with Crippen molar-refractivity contribution in [3.8, 4) is 0 Å². The van der Waals surface area contributed by atoms with Gasteiger partial charge in [-0.15, -0.1) is 11.6 Å². The number of nitrogens with one attached hydrogen (secondary N) is 1. The van der Waals surface area contributed by atoms with Crippen LogP contribution in [-0.2, 0) is 9.59 Å². The first-order valence-electron chi connectivity index (χ1n) is 6.76. The summed E-state index contributed by atoms with van der Waals surface area (Å²) in [5.41, 5.74) is -0.0387. The maximum Gasteiger partial charge on any atom is 0.229 e. The second kappa shape index (κ2) is 6.02. The molecule has 1 fully saturated rings. The van der Waals surface area contributed by atoms with Crippen LogP contribution in [0.2, 0.25) is 0 Å². The summed E-state index contributed by atoms with van der Waals surface area (Å²) in [4.78, 5) is 25.7. The molecule has 2 rings (SSSR count). The van der Waals surface area contributed by atoms with Gasteiger partial charge < -0.3 is 10.2 Å². The molecule has 114 valence electrons. The molecule has 0 unspecified atom stereocenters. The first-order chi connectivity index (χ1) is 9.83. The number of hydrogen-bond donors (Lipinski definition) is 1. The lowest BCUT2D eigenvalue weighted by atomic mass is 9.95. The topological polar surface area (TPSA) is 49.4 Å². The van der Waals surface area contributed by atoms with Gasteiger partial charge in [-0.2, -0.15) is 0 Å². The van der Waals surface area contributed by atoms with Crippen molar-refractivity contribution in [2.45, 2.75) is 26.3 Å². The second-order valence-electron chi connectivity index (χ2n) is 5.87. The second-order valence-corrected chi connectivity index (χ2v) is 6.14. The summed E-state index contributed by atoms with van der Waals surface area (Å²) in [5, 5.41) is 2.85. The third kappa shape index (κ3) is 3.53. The van der Waals surface area contributed by atoms with Gasteiger partial charge in [0.2, 0.25) is 11.8 Å². The van der Waals surface area contributed by atoms with Gasteiger partial charge in [0.15, 0.2) is 0 Å². The van der Waals surface area contributed by atoms with Crippen molar-refractivity contribution < 1.29 is 14.0 Å². The van der Waals surface area contributed by atoms with Crippen LogP contribution in [0.1, 0.15) is 20.3 Å². The minimum atomic E-state index is -0.673. The molecule has 1 heterocycles. The summed E-state index contributed by atoms with van der Waals surface area (Å²) >= 11 is 5.77. The number of nitrogens with zero attached hydrogens (tertiary/aromatic N) is 1. The monoisotopic (exact) mass is 312 g/mol. The molecule has 1 saturated heterocycles. The van der Waals surface area contributed by atoms with E-state index in [9.17, 15) is 14.0 Å². The quantitative estimate of drug-likeness (QED) is 0.867. The Bertz CT molecular complexity index is 545. The van der Waals surface area contributed by atoms with Crippen molar-refractivity contribution in [2.24, 2.45) is 5.41 Å². The fourth-order valence-electron chi connectivity index (χ4n) is 2.12. The van der Waals surface area contributed by atoms with E-state index < -0.39 is 5.41 Å². The lowest BCUT2D eigenvalue weighted by molar-refractivity contribution is -0.128. The lowest BCUT2D eigenvalue weighted by Crippen LogP contribution is -2.44. The largest absolute Gasteiger partial charge is 0.351 e. The van der Waals surface area contributed by atoms with Crippen LogP contribution in [0.15, 0.2) is 24.3 Å². The van der Waals surface area contributed by atoms with Gasteiger partial charge in [0.1, 0.15) is 5.82 Å². The maximum absolute atomic E-state index is 12.9. The third-order valence-electron chi connectivity index (χ3n) is 3.55. The smallest absolute Gasteiger partial charge is 0.229 e. The van der Waals surface area contributed by atoms with Crippen molar-refractivity contribution in [1.29, 1.82) is 0 Å². The number of amides is 2. The number of benzene rings is 1. The first-order valence-corrected chi connectivity index (χ1v) is 7.30. The van der Waals surface area contributed by atoms with Crippen molar-refractivity contribution in [3.63, 3.8) is 0 Å². The van der Waals surface area contributed by atoms with Gasteiger partial charge >= 0.3 is 0 Å². The van der Waals surface area contributed by atoms with Gasteiger partial charge in [0.25, 0.3) is 0 Å². The Morgan fingerprint density at radius 2 is 2.05 bits per heavy atom. The Labute approximate surface area is 128 Å². The lowest BCUT2D eigenvalue weighted by Gasteiger charge is -2.23. The Morgan fingerprint density at radius 1 is 1.43 bits per heavy atom. The molecule has 6 heteroatoms. The number of carbonyl (C=O) groups excluding carboxylic acids is 2. The molecule has 0 saturated carbocycles. The van der Waals surface area contributed by atoms with Crippen molar-refractivity contribution >= 4 is 29.1 Å². The van der Waals surface area contributed by atoms with Crippen LogP contribution in [0.25, 0.3) is 0 Å². The number of halogens is 2. The molecule has 1 aliphatic heterocycles. The fraction of sp³-hybridized carbons (Fsp3) is 0.467. The number of rotatable bonds is 4. The predicted octanol–water partition coefficient (Wildman–Crippen LogP) is 2.31. The van der Waals surface area contributed by atoms with Crippen LogP contribution >= 0.6 is 11.6 Å². The van der Waals surface area contributed by atoms with Crippen LogP contribution < -0.4 is 10.2 Å². The summed E-state index contributed by atoms with van der Waals surface area (Å²) in [6, 6.07) is 5.48. The Balaban J connectivity index is 2.03. The van der Waals surface area contributed by atoms with Crippen LogP contribution in [0.3, 0.4) is 0 Å². The average molecular weight is 313 g/mol. The van der Waals surface area contributed by atoms with Gasteiger partial charge in [-0.05, 0) is 38.1 Å². The molecule has 0 spiro atoms. The highest BCUT2D eigenvalue weighted by molar-refractivity contribution is 6.19. The Morgan fingerprint density at radius 3 is 2.62 bits per heavy atom. The Hall–Kier alpha value is -1.62. The van der Waals surface area contributed by atoms with Crippen molar-refractivity contribution in [2.75, 3.05) is 17.3 Å². The summed E-state index contributed by atoms with van der Waals surface area (Å²) in [5.74, 6) is -0.396. The fourth-order valence-corrected chi connectivity index (χ4v) is 2.24. The van der Waals surface area contributed by atoms with Gasteiger partial charge in [0, 0.05) is 24.5 Å². The molecule has 0 radical (unpaired) electrons. The van der Waals surface area contributed by atoms with E-state index in [0.717, 1.165) is 0 Å². The number of anilines is 1. The van der Waals surface area contributed by atoms with E-state index in [4.69, 9.17) is 11.6 Å². The van der Waals surface area contributed by atoms with Crippen molar-refractivity contribution in [1.82, 2.24) is 5.32 Å². The summed E-state index contributed by atoms with van der Waals surface area (Å²) in [6.45, 7) is 3.89. The Kier molecular flexibility index (Phi) is 4.52. The molecular formula is C15H18ClFN2O2. The molecule has 0 aliphatic carbocycles. The zero-order valence-corrected chi connectivity index (χ0v) is 12.8. The standard InChI is InChI=1S/C15H18ClFN2O2/c1-15(2,9-16)14(21)18-11-7-13(20)19(8-11)12-5-3-10(17)4-6-12/h3-6,11H,7-9H2,1-2H3,(H,18,21)/t11-/m0/s1. The van der Waals surface area contributed by atoms with E-state index in [-0.39, 0.29) is 36.0 Å². The first kappa shape index (κ1) is 15.8. The molecular weight excluding hydrogens is 295 g/mol. The third-order valence-corrected chi connectivity index (χ3v) is 4.22. The molecule has 1 aliphatic rings. The van der Waals surface area contributed by atoms with E-state index in [1.807, 2.05) is 0 Å².